The molecule has 0 spiro atoms. The molecule has 2 atom stereocenters. The number of aromatic amines is 1. The van der Waals surface area contributed by atoms with Crippen LogP contribution in [0.2, 0.25) is 0 Å². The molecular weight excluding hydrogens is 523 g/mol. The summed E-state index contributed by atoms with van der Waals surface area (Å²) in [5.41, 5.74) is 3.39. The summed E-state index contributed by atoms with van der Waals surface area (Å²) in [4.78, 5) is 34.7. The molecule has 2 aromatic heterocycles. The fraction of sp³-hybridized carbons (Fsp3) is 0.355. The van der Waals surface area contributed by atoms with E-state index in [0.717, 1.165) is 22.2 Å². The predicted molar refractivity (Wildman–Crippen MR) is 155 cm³/mol. The van der Waals surface area contributed by atoms with Gasteiger partial charge in [-0.2, -0.15) is 5.10 Å². The summed E-state index contributed by atoms with van der Waals surface area (Å²) in [7, 11) is 1.51. The van der Waals surface area contributed by atoms with E-state index in [1.807, 2.05) is 43.0 Å². The average Bonchev–Trinajstić information content (AvgIpc) is 3.43. The Bertz CT molecular complexity index is 1520. The highest BCUT2D eigenvalue weighted by atomic mass is 19.1. The molecule has 0 unspecified atom stereocenters. The van der Waals surface area contributed by atoms with Crippen LogP contribution in [0.1, 0.15) is 42.6 Å². The second kappa shape index (κ2) is 12.5. The van der Waals surface area contributed by atoms with Crippen LogP contribution in [0.4, 0.5) is 4.39 Å². The minimum atomic E-state index is -0.419. The highest BCUT2D eigenvalue weighted by Gasteiger charge is 2.36. The summed E-state index contributed by atoms with van der Waals surface area (Å²) in [6.07, 6.45) is 4.58. The molecule has 1 fully saturated rings. The molecule has 2 aromatic carbocycles. The molecule has 214 valence electrons. The molecule has 5 rings (SSSR count). The minimum absolute atomic E-state index is 0.0177. The third kappa shape index (κ3) is 5.92. The van der Waals surface area contributed by atoms with Crippen LogP contribution in [-0.2, 0) is 11.3 Å². The smallest absolute Gasteiger partial charge is 0.251 e. The number of halogens is 1. The Labute approximate surface area is 238 Å². The van der Waals surface area contributed by atoms with Crippen molar-refractivity contribution in [1.29, 1.82) is 0 Å². The Balaban J connectivity index is 1.37. The fourth-order valence-corrected chi connectivity index (χ4v) is 5.60. The lowest BCUT2D eigenvalue weighted by Crippen LogP contribution is -2.56. The number of carbonyl (C=O) groups is 2. The van der Waals surface area contributed by atoms with E-state index in [1.54, 1.807) is 35.5 Å². The monoisotopic (exact) mass is 558 g/mol. The number of pyridine rings is 1. The van der Waals surface area contributed by atoms with Crippen molar-refractivity contribution < 1.29 is 18.7 Å². The lowest BCUT2D eigenvalue weighted by molar-refractivity contribution is -0.138. The predicted octanol–water partition coefficient (Wildman–Crippen LogP) is 4.40. The molecule has 41 heavy (non-hydrogen) atoms. The van der Waals surface area contributed by atoms with Gasteiger partial charge < -0.3 is 15.0 Å². The molecule has 0 aliphatic carbocycles. The number of ether oxygens (including phenoxy) is 1. The zero-order valence-electron chi connectivity index (χ0n) is 23.6. The number of carbonyl (C=O) groups excluding carboxylic acids is 2. The number of aromatic nitrogens is 3. The van der Waals surface area contributed by atoms with Crippen molar-refractivity contribution in [2.75, 3.05) is 26.7 Å². The molecule has 2 amide bonds. The molecule has 1 aliphatic heterocycles. The maximum atomic E-state index is 14.9. The number of nitrogens with zero attached hydrogens (tertiary/aromatic N) is 4. The molecule has 3 heterocycles. The van der Waals surface area contributed by atoms with E-state index in [-0.39, 0.29) is 30.2 Å². The molecule has 1 saturated heterocycles. The molecule has 9 nitrogen and oxygen atoms in total. The lowest BCUT2D eigenvalue weighted by Gasteiger charge is -2.41. The van der Waals surface area contributed by atoms with E-state index < -0.39 is 6.04 Å². The third-order valence-corrected chi connectivity index (χ3v) is 7.82. The first-order valence-electron chi connectivity index (χ1n) is 14.0. The molecular formula is C31H35FN6O3. The van der Waals surface area contributed by atoms with E-state index in [0.29, 0.717) is 49.4 Å². The van der Waals surface area contributed by atoms with E-state index in [1.165, 1.54) is 13.2 Å². The Morgan fingerprint density at radius 1 is 1.12 bits per heavy atom. The van der Waals surface area contributed by atoms with Gasteiger partial charge in [0, 0.05) is 66.7 Å². The number of nitrogens with one attached hydrogen (secondary N) is 2. The third-order valence-electron chi connectivity index (χ3n) is 7.82. The van der Waals surface area contributed by atoms with Gasteiger partial charge in [0.2, 0.25) is 5.91 Å². The Morgan fingerprint density at radius 2 is 1.90 bits per heavy atom. The number of hydrogen-bond acceptors (Lipinski definition) is 6. The maximum Gasteiger partial charge on any atom is 0.251 e. The Hall–Kier alpha value is -4.31. The van der Waals surface area contributed by atoms with E-state index in [9.17, 15) is 14.0 Å². The van der Waals surface area contributed by atoms with Crippen molar-refractivity contribution in [3.8, 4) is 17.0 Å². The number of likely N-dealkylation sites (N-methyl/N-ethyl adjacent to an activating group) is 1. The van der Waals surface area contributed by atoms with Gasteiger partial charge in [0.25, 0.3) is 5.91 Å². The number of fused-ring (bicyclic) bond motifs is 1. The first-order chi connectivity index (χ1) is 19.9. The summed E-state index contributed by atoms with van der Waals surface area (Å²) in [5.74, 6) is -0.147. The minimum Gasteiger partial charge on any atom is -0.496 e. The van der Waals surface area contributed by atoms with Crippen LogP contribution in [0.15, 0.2) is 60.9 Å². The van der Waals surface area contributed by atoms with E-state index in [2.05, 4.69) is 20.5 Å². The van der Waals surface area contributed by atoms with Crippen molar-refractivity contribution in [1.82, 2.24) is 30.3 Å². The molecule has 4 aromatic rings. The molecule has 0 saturated carbocycles. The van der Waals surface area contributed by atoms with Gasteiger partial charge in [0.15, 0.2) is 0 Å². The number of H-pyrrole nitrogens is 1. The van der Waals surface area contributed by atoms with Crippen molar-refractivity contribution in [3.05, 3.63) is 77.9 Å². The zero-order valence-corrected chi connectivity index (χ0v) is 23.6. The van der Waals surface area contributed by atoms with Crippen LogP contribution in [0.5, 0.6) is 5.75 Å². The normalized spacial score (nSPS) is 17.4. The average molecular weight is 559 g/mol. The van der Waals surface area contributed by atoms with Crippen LogP contribution in [0.3, 0.4) is 0 Å². The van der Waals surface area contributed by atoms with Crippen LogP contribution in [0.25, 0.3) is 22.2 Å². The summed E-state index contributed by atoms with van der Waals surface area (Å²) >= 11 is 0. The SMILES string of the molecule is CCN(CC)C(=O)[C@@H]1CC[C@@H](NC(=O)c2ccc3[nH]nc(-c4ccncc4)c3c2)CN1Cc1c(F)cccc1OC. The fourth-order valence-electron chi connectivity index (χ4n) is 5.60. The Morgan fingerprint density at radius 3 is 2.63 bits per heavy atom. The second-order valence-electron chi connectivity index (χ2n) is 10.2. The van der Waals surface area contributed by atoms with Crippen LogP contribution in [0, 0.1) is 5.82 Å². The maximum absolute atomic E-state index is 14.9. The molecule has 10 heteroatoms. The van der Waals surface area contributed by atoms with Crippen molar-refractivity contribution in [3.63, 3.8) is 0 Å². The molecule has 0 radical (unpaired) electrons. The van der Waals surface area contributed by atoms with Gasteiger partial charge in [0.1, 0.15) is 17.3 Å². The Kier molecular flexibility index (Phi) is 8.58. The van der Waals surface area contributed by atoms with Crippen molar-refractivity contribution in [2.24, 2.45) is 0 Å². The quantitative estimate of drug-likeness (QED) is 0.316. The number of likely N-dealkylation sites (tertiary alicyclic amines) is 1. The highest BCUT2D eigenvalue weighted by Crippen LogP contribution is 2.29. The zero-order chi connectivity index (χ0) is 28.9. The van der Waals surface area contributed by atoms with Crippen molar-refractivity contribution in [2.45, 2.75) is 45.3 Å². The number of piperidine rings is 1. The number of methoxy groups -OCH3 is 1. The highest BCUT2D eigenvalue weighted by molar-refractivity contribution is 6.01. The van der Waals surface area contributed by atoms with E-state index >= 15 is 0 Å². The van der Waals surface area contributed by atoms with Crippen LogP contribution < -0.4 is 10.1 Å². The molecule has 2 N–H and O–H groups in total. The van der Waals surface area contributed by atoms with Crippen LogP contribution in [-0.4, -0.2) is 75.6 Å². The standard InChI is InChI=1S/C31H35FN6O3/c1-4-37(5-2)31(40)27-12-10-22(18-38(27)19-24-25(32)7-6-8-28(24)41-3)34-30(39)21-9-11-26-23(17-21)29(36-35-26)20-13-15-33-16-14-20/h6-9,11,13-17,22,27H,4-5,10,12,18-19H2,1-3H3,(H,34,39)(H,35,36)/t22-,27+/m1/s1. The summed E-state index contributed by atoms with van der Waals surface area (Å²) in [6, 6.07) is 13.3. The molecule has 1 aliphatic rings. The largest absolute Gasteiger partial charge is 0.496 e. The van der Waals surface area contributed by atoms with Gasteiger partial charge >= 0.3 is 0 Å². The number of rotatable bonds is 9. The topological polar surface area (TPSA) is 103 Å². The lowest BCUT2D eigenvalue weighted by atomic mass is 9.95. The van der Waals surface area contributed by atoms with Crippen molar-refractivity contribution >= 4 is 22.7 Å². The number of hydrogen-bond donors (Lipinski definition) is 2. The van der Waals surface area contributed by atoms with Gasteiger partial charge in [-0.25, -0.2) is 4.39 Å². The number of benzene rings is 2. The first kappa shape index (κ1) is 28.2. The first-order valence-corrected chi connectivity index (χ1v) is 14.0. The summed E-state index contributed by atoms with van der Waals surface area (Å²) in [6.45, 7) is 5.69. The number of amides is 2. The van der Waals surface area contributed by atoms with Gasteiger partial charge in [-0.15, -0.1) is 0 Å². The van der Waals surface area contributed by atoms with Gasteiger partial charge in [-0.05, 0) is 69.2 Å². The second-order valence-corrected chi connectivity index (χ2v) is 10.2. The molecule has 0 bridgehead atoms. The van der Waals surface area contributed by atoms with Crippen LogP contribution >= 0.6 is 0 Å². The summed E-state index contributed by atoms with van der Waals surface area (Å²) in [5, 5.41) is 11.5. The van der Waals surface area contributed by atoms with Gasteiger partial charge in [-0.3, -0.25) is 24.6 Å². The summed E-state index contributed by atoms with van der Waals surface area (Å²) < 4.78 is 20.3. The van der Waals surface area contributed by atoms with Gasteiger partial charge in [-0.1, -0.05) is 6.07 Å². The van der Waals surface area contributed by atoms with Gasteiger partial charge in [0.05, 0.1) is 18.7 Å². The van der Waals surface area contributed by atoms with E-state index in [4.69, 9.17) is 4.74 Å².